The van der Waals surface area contributed by atoms with Gasteiger partial charge in [-0.15, -0.1) is 0 Å². The molecule has 0 bridgehead atoms. The van der Waals surface area contributed by atoms with Gasteiger partial charge in [0.25, 0.3) is 5.91 Å². The van der Waals surface area contributed by atoms with E-state index in [1.807, 2.05) is 18.2 Å². The van der Waals surface area contributed by atoms with Crippen LogP contribution in [0.25, 0.3) is 10.9 Å². The number of carbonyl (C=O) groups excluding carboxylic acids is 2. The third-order valence-electron chi connectivity index (χ3n) is 4.68. The van der Waals surface area contributed by atoms with Crippen molar-refractivity contribution in [2.45, 2.75) is 45.6 Å². The van der Waals surface area contributed by atoms with E-state index in [1.165, 1.54) is 5.69 Å². The maximum Gasteiger partial charge on any atom is 0.251 e. The van der Waals surface area contributed by atoms with E-state index in [2.05, 4.69) is 16.8 Å². The summed E-state index contributed by atoms with van der Waals surface area (Å²) in [4.78, 5) is 24.2. The predicted octanol–water partition coefficient (Wildman–Crippen LogP) is 2.19. The second-order valence-corrected chi connectivity index (χ2v) is 6.42. The van der Waals surface area contributed by atoms with Gasteiger partial charge in [0.2, 0.25) is 0 Å². The molecule has 5 nitrogen and oxygen atoms in total. The van der Waals surface area contributed by atoms with Crippen LogP contribution in [0, 0.1) is 0 Å². The van der Waals surface area contributed by atoms with E-state index in [1.54, 1.807) is 0 Å². The average molecular weight is 327 g/mol. The summed E-state index contributed by atoms with van der Waals surface area (Å²) >= 11 is 0. The molecule has 24 heavy (non-hydrogen) atoms. The molecular weight excluding hydrogens is 302 g/mol. The van der Waals surface area contributed by atoms with Gasteiger partial charge >= 0.3 is 0 Å². The van der Waals surface area contributed by atoms with Crippen LogP contribution in [0.3, 0.4) is 0 Å². The van der Waals surface area contributed by atoms with Gasteiger partial charge in [-0.3, -0.25) is 9.59 Å². The lowest BCUT2D eigenvalue weighted by atomic mass is 9.94. The zero-order valence-corrected chi connectivity index (χ0v) is 14.2. The van der Waals surface area contributed by atoms with Crippen molar-refractivity contribution in [1.29, 1.82) is 0 Å². The lowest BCUT2D eigenvalue weighted by Gasteiger charge is -2.14. The summed E-state index contributed by atoms with van der Waals surface area (Å²) < 4.78 is 2.33. The minimum atomic E-state index is -0.0792. The molecule has 0 unspecified atom stereocenters. The highest BCUT2D eigenvalue weighted by atomic mass is 16.1. The maximum atomic E-state index is 12.3. The van der Waals surface area contributed by atoms with Crippen molar-refractivity contribution < 1.29 is 9.59 Å². The highest BCUT2D eigenvalue weighted by Gasteiger charge is 2.24. The number of nitrogens with one attached hydrogen (secondary N) is 1. The number of amides is 1. The molecule has 2 aromatic rings. The number of rotatable bonds is 6. The number of carbonyl (C=O) groups is 2. The van der Waals surface area contributed by atoms with Crippen molar-refractivity contribution in [3.63, 3.8) is 0 Å². The number of Topliss-reactive ketones (excluding diaryl/α,β-unsaturated/α-hetero) is 1. The molecule has 1 aromatic heterocycles. The first-order chi connectivity index (χ1) is 11.7. The van der Waals surface area contributed by atoms with Crippen molar-refractivity contribution in [2.75, 3.05) is 13.1 Å². The molecule has 128 valence electrons. The number of nitrogens with two attached hydrogens (primary N) is 1. The molecule has 1 aliphatic carbocycles. The van der Waals surface area contributed by atoms with Gasteiger partial charge in [0.15, 0.2) is 0 Å². The number of nitrogens with zero attached hydrogens (tertiary/aromatic N) is 1. The van der Waals surface area contributed by atoms with Crippen LogP contribution in [-0.4, -0.2) is 29.3 Å². The molecule has 0 saturated carbocycles. The molecule has 0 spiro atoms. The first-order valence-electron chi connectivity index (χ1n) is 8.79. The van der Waals surface area contributed by atoms with Gasteiger partial charge in [0, 0.05) is 48.1 Å². The van der Waals surface area contributed by atoms with Crippen LogP contribution in [0.2, 0.25) is 0 Å². The summed E-state index contributed by atoms with van der Waals surface area (Å²) in [5, 5.41) is 3.95. The van der Waals surface area contributed by atoms with Crippen LogP contribution in [0.4, 0.5) is 0 Å². The minimum Gasteiger partial charge on any atom is -0.352 e. The van der Waals surface area contributed by atoms with Gasteiger partial charge in [-0.2, -0.15) is 0 Å². The number of fused-ring (bicyclic) bond motifs is 3. The molecule has 0 fully saturated rings. The monoisotopic (exact) mass is 327 g/mol. The van der Waals surface area contributed by atoms with Crippen LogP contribution in [-0.2, 0) is 24.2 Å². The Morgan fingerprint density at radius 1 is 1.33 bits per heavy atom. The van der Waals surface area contributed by atoms with E-state index >= 15 is 0 Å². The third kappa shape index (κ3) is 3.08. The van der Waals surface area contributed by atoms with E-state index in [0.29, 0.717) is 31.5 Å². The van der Waals surface area contributed by atoms with E-state index < -0.39 is 0 Å². The van der Waals surface area contributed by atoms with Crippen molar-refractivity contribution >= 4 is 22.6 Å². The van der Waals surface area contributed by atoms with E-state index in [-0.39, 0.29) is 11.7 Å². The quantitative estimate of drug-likeness (QED) is 0.799. The molecular formula is C19H25N3O2. The third-order valence-corrected chi connectivity index (χ3v) is 4.68. The van der Waals surface area contributed by atoms with Crippen LogP contribution >= 0.6 is 0 Å². The Balaban J connectivity index is 2.01. The second-order valence-electron chi connectivity index (χ2n) is 6.42. The highest BCUT2D eigenvalue weighted by molar-refractivity contribution is 6.00. The summed E-state index contributed by atoms with van der Waals surface area (Å²) in [5.41, 5.74) is 9.63. The molecule has 1 amide bonds. The average Bonchev–Trinajstić information content (AvgIpc) is 2.88. The Kier molecular flexibility index (Phi) is 5.00. The first kappa shape index (κ1) is 16.7. The summed E-state index contributed by atoms with van der Waals surface area (Å²) in [6.45, 7) is 4.25. The molecule has 0 saturated heterocycles. The fourth-order valence-corrected chi connectivity index (χ4v) is 3.53. The van der Waals surface area contributed by atoms with E-state index in [9.17, 15) is 9.59 Å². The Bertz CT molecular complexity index is 777. The zero-order valence-electron chi connectivity index (χ0n) is 14.2. The van der Waals surface area contributed by atoms with Crippen LogP contribution in [0.1, 0.15) is 47.8 Å². The fraction of sp³-hybridized carbons (Fsp3) is 0.474. The molecule has 1 aromatic carbocycles. The van der Waals surface area contributed by atoms with Gasteiger partial charge in [-0.05, 0) is 49.6 Å². The van der Waals surface area contributed by atoms with Gasteiger partial charge in [-0.1, -0.05) is 6.92 Å². The normalized spacial score (nSPS) is 14.0. The molecule has 3 rings (SSSR count). The second kappa shape index (κ2) is 7.18. The van der Waals surface area contributed by atoms with Crippen molar-refractivity contribution in [1.82, 2.24) is 9.88 Å². The fourth-order valence-electron chi connectivity index (χ4n) is 3.53. The molecule has 1 heterocycles. The summed E-state index contributed by atoms with van der Waals surface area (Å²) in [7, 11) is 0. The van der Waals surface area contributed by atoms with Gasteiger partial charge in [-0.25, -0.2) is 0 Å². The molecule has 3 N–H and O–H groups in total. The molecule has 0 aliphatic heterocycles. The zero-order chi connectivity index (χ0) is 17.1. The van der Waals surface area contributed by atoms with Crippen LogP contribution in [0.5, 0.6) is 0 Å². The maximum absolute atomic E-state index is 12.3. The Morgan fingerprint density at radius 2 is 2.17 bits per heavy atom. The largest absolute Gasteiger partial charge is 0.352 e. The summed E-state index contributed by atoms with van der Waals surface area (Å²) in [6, 6.07) is 5.84. The van der Waals surface area contributed by atoms with Crippen LogP contribution in [0.15, 0.2) is 18.2 Å². The molecule has 5 heteroatoms. The predicted molar refractivity (Wildman–Crippen MR) is 95.3 cm³/mol. The Labute approximate surface area is 142 Å². The van der Waals surface area contributed by atoms with E-state index in [0.717, 1.165) is 42.3 Å². The molecule has 1 aliphatic rings. The number of aryl methyl sites for hydroxylation is 1. The standard InChI is InChI=1S/C19H25N3O2/c1-2-10-22-17-6-4-13(19(24)21-9-3-8-20)11-15(17)16-12-14(23)5-7-18(16)22/h4,6,11H,2-3,5,7-10,12,20H2,1H3,(H,21,24). The summed E-state index contributed by atoms with van der Waals surface area (Å²) in [6.07, 6.45) is 3.73. The van der Waals surface area contributed by atoms with Crippen molar-refractivity contribution in [2.24, 2.45) is 5.73 Å². The highest BCUT2D eigenvalue weighted by Crippen LogP contribution is 2.32. The molecule has 0 radical (unpaired) electrons. The molecule has 0 atom stereocenters. The SMILES string of the molecule is CCCn1c2c(c3cc(C(=O)NCCCN)ccc31)CC(=O)CC2. The number of benzene rings is 1. The topological polar surface area (TPSA) is 77.1 Å². The lowest BCUT2D eigenvalue weighted by molar-refractivity contribution is -0.118. The minimum absolute atomic E-state index is 0.0792. The number of hydrogen-bond acceptors (Lipinski definition) is 3. The number of ketones is 1. The number of aromatic nitrogens is 1. The van der Waals surface area contributed by atoms with Crippen LogP contribution < -0.4 is 11.1 Å². The van der Waals surface area contributed by atoms with E-state index in [4.69, 9.17) is 5.73 Å². The number of hydrogen-bond donors (Lipinski definition) is 2. The first-order valence-corrected chi connectivity index (χ1v) is 8.79. The lowest BCUT2D eigenvalue weighted by Crippen LogP contribution is -2.25. The van der Waals surface area contributed by atoms with Gasteiger partial charge in [0.05, 0.1) is 0 Å². The van der Waals surface area contributed by atoms with Crippen molar-refractivity contribution in [3.05, 3.63) is 35.0 Å². The van der Waals surface area contributed by atoms with Crippen molar-refractivity contribution in [3.8, 4) is 0 Å². The van der Waals surface area contributed by atoms with Gasteiger partial charge in [0.1, 0.15) is 5.78 Å². The Hall–Kier alpha value is -2.14. The Morgan fingerprint density at radius 3 is 2.92 bits per heavy atom. The smallest absolute Gasteiger partial charge is 0.251 e. The summed E-state index contributed by atoms with van der Waals surface area (Å²) in [5.74, 6) is 0.209. The van der Waals surface area contributed by atoms with Gasteiger partial charge < -0.3 is 15.6 Å².